The van der Waals surface area contributed by atoms with E-state index in [4.69, 9.17) is 0 Å². The van der Waals surface area contributed by atoms with Gasteiger partial charge in [-0.2, -0.15) is 5.10 Å². The summed E-state index contributed by atoms with van der Waals surface area (Å²) in [5.41, 5.74) is 0.418. The minimum absolute atomic E-state index is 0.281. The molecule has 1 fully saturated rings. The van der Waals surface area contributed by atoms with E-state index in [1.807, 2.05) is 24.5 Å². The molecule has 1 atom stereocenters. The monoisotopic (exact) mass is 288 g/mol. The summed E-state index contributed by atoms with van der Waals surface area (Å²) in [6.07, 6.45) is 6.36. The molecule has 1 amide bonds. The molecule has 2 aromatic heterocycles. The Balaban J connectivity index is 1.98. The Morgan fingerprint density at radius 2 is 2.05 bits per heavy atom. The number of aliphatic carboxylic acids is 1. The molecule has 1 N–H and O–H groups in total. The maximum absolute atomic E-state index is 12.7. The molecule has 21 heavy (non-hydrogen) atoms. The zero-order valence-corrected chi connectivity index (χ0v) is 11.6. The van der Waals surface area contributed by atoms with Gasteiger partial charge in [-0.15, -0.1) is 0 Å². The number of carboxylic acid groups (broad SMARTS) is 1. The quantitative estimate of drug-likeness (QED) is 0.910. The van der Waals surface area contributed by atoms with Crippen molar-refractivity contribution in [2.24, 2.45) is 7.05 Å². The molecule has 0 saturated carbocycles. The Bertz CT molecular complexity index is 674. The normalized spacial score (nSPS) is 18.1. The maximum Gasteiger partial charge on any atom is 0.326 e. The van der Waals surface area contributed by atoms with Crippen molar-refractivity contribution in [3.8, 4) is 5.82 Å². The number of amides is 1. The first-order chi connectivity index (χ1) is 10.1. The molecule has 0 bridgehead atoms. The summed E-state index contributed by atoms with van der Waals surface area (Å²) in [6.45, 7) is 0.468. The lowest BCUT2D eigenvalue weighted by Crippen LogP contribution is -2.40. The fourth-order valence-corrected chi connectivity index (χ4v) is 2.79. The number of carbonyl (C=O) groups excluding carboxylic acids is 1. The molecule has 1 aliphatic rings. The zero-order valence-electron chi connectivity index (χ0n) is 11.6. The highest BCUT2D eigenvalue weighted by molar-refractivity contribution is 5.99. The molecule has 3 heterocycles. The third kappa shape index (κ3) is 2.20. The fourth-order valence-electron chi connectivity index (χ4n) is 2.79. The topological polar surface area (TPSA) is 80.4 Å². The smallest absolute Gasteiger partial charge is 0.326 e. The number of nitrogens with zero attached hydrogens (tertiary/aromatic N) is 4. The first kappa shape index (κ1) is 13.4. The van der Waals surface area contributed by atoms with Gasteiger partial charge >= 0.3 is 5.97 Å². The van der Waals surface area contributed by atoms with Gasteiger partial charge in [0.1, 0.15) is 17.4 Å². The summed E-state index contributed by atoms with van der Waals surface area (Å²) < 4.78 is 3.41. The van der Waals surface area contributed by atoms with Crippen LogP contribution in [0.15, 0.2) is 30.7 Å². The number of hydrogen-bond acceptors (Lipinski definition) is 3. The molecule has 3 rings (SSSR count). The number of carbonyl (C=O) groups is 2. The summed E-state index contributed by atoms with van der Waals surface area (Å²) in [4.78, 5) is 25.4. The lowest BCUT2D eigenvalue weighted by Gasteiger charge is -2.21. The molecule has 1 saturated heterocycles. The van der Waals surface area contributed by atoms with Gasteiger partial charge in [0, 0.05) is 26.0 Å². The summed E-state index contributed by atoms with van der Waals surface area (Å²) in [6, 6.07) is 2.98. The molecule has 7 heteroatoms. The Hall–Kier alpha value is -2.57. The molecular formula is C14H16N4O3. The van der Waals surface area contributed by atoms with Crippen LogP contribution in [0, 0.1) is 0 Å². The van der Waals surface area contributed by atoms with Crippen LogP contribution in [0.3, 0.4) is 0 Å². The van der Waals surface area contributed by atoms with Crippen LogP contribution in [0.5, 0.6) is 0 Å². The maximum atomic E-state index is 12.7. The average molecular weight is 288 g/mol. The molecule has 0 radical (unpaired) electrons. The van der Waals surface area contributed by atoms with Gasteiger partial charge in [0.15, 0.2) is 0 Å². The number of aromatic nitrogens is 3. The van der Waals surface area contributed by atoms with Gasteiger partial charge in [0.25, 0.3) is 5.91 Å². The van der Waals surface area contributed by atoms with E-state index < -0.39 is 12.0 Å². The van der Waals surface area contributed by atoms with Crippen molar-refractivity contribution in [1.82, 2.24) is 19.2 Å². The summed E-state index contributed by atoms with van der Waals surface area (Å²) >= 11 is 0. The molecule has 2 aromatic rings. The molecular weight excluding hydrogens is 272 g/mol. The predicted octanol–water partition coefficient (Wildman–Crippen LogP) is 0.900. The third-order valence-electron chi connectivity index (χ3n) is 3.79. The second-order valence-corrected chi connectivity index (χ2v) is 5.09. The number of carboxylic acids is 1. The van der Waals surface area contributed by atoms with Crippen LogP contribution in [0.4, 0.5) is 0 Å². The minimum Gasteiger partial charge on any atom is -0.480 e. The van der Waals surface area contributed by atoms with Gasteiger partial charge in [0.2, 0.25) is 0 Å². The molecule has 0 aliphatic carbocycles. The molecule has 0 spiro atoms. The van der Waals surface area contributed by atoms with E-state index in [1.165, 1.54) is 11.1 Å². The predicted molar refractivity (Wildman–Crippen MR) is 74.2 cm³/mol. The highest BCUT2D eigenvalue weighted by Crippen LogP contribution is 2.23. The Kier molecular flexibility index (Phi) is 3.25. The highest BCUT2D eigenvalue weighted by atomic mass is 16.4. The number of rotatable bonds is 3. The summed E-state index contributed by atoms with van der Waals surface area (Å²) in [5.74, 6) is -0.593. The van der Waals surface area contributed by atoms with Crippen molar-refractivity contribution >= 4 is 11.9 Å². The second kappa shape index (κ2) is 5.08. The van der Waals surface area contributed by atoms with Crippen molar-refractivity contribution in [3.05, 3.63) is 36.3 Å². The van der Waals surface area contributed by atoms with Crippen molar-refractivity contribution in [3.63, 3.8) is 0 Å². The first-order valence-corrected chi connectivity index (χ1v) is 6.78. The van der Waals surface area contributed by atoms with Crippen molar-refractivity contribution in [2.75, 3.05) is 6.54 Å². The summed E-state index contributed by atoms with van der Waals surface area (Å²) in [5, 5.41) is 13.4. The van der Waals surface area contributed by atoms with E-state index >= 15 is 0 Å². The van der Waals surface area contributed by atoms with Crippen LogP contribution in [-0.2, 0) is 11.8 Å². The van der Waals surface area contributed by atoms with Crippen molar-refractivity contribution in [1.29, 1.82) is 0 Å². The molecule has 110 valence electrons. The van der Waals surface area contributed by atoms with Gasteiger partial charge in [0.05, 0.1) is 6.20 Å². The van der Waals surface area contributed by atoms with E-state index in [1.54, 1.807) is 16.3 Å². The van der Waals surface area contributed by atoms with E-state index in [2.05, 4.69) is 5.10 Å². The lowest BCUT2D eigenvalue weighted by molar-refractivity contribution is -0.141. The van der Waals surface area contributed by atoms with Crippen LogP contribution in [-0.4, -0.2) is 48.8 Å². The van der Waals surface area contributed by atoms with Crippen molar-refractivity contribution in [2.45, 2.75) is 18.9 Å². The van der Waals surface area contributed by atoms with Crippen LogP contribution in [0.1, 0.15) is 23.2 Å². The number of aryl methyl sites for hydroxylation is 1. The van der Waals surface area contributed by atoms with Gasteiger partial charge < -0.3 is 14.6 Å². The van der Waals surface area contributed by atoms with Crippen LogP contribution in [0.25, 0.3) is 5.82 Å². The fraction of sp³-hybridized carbons (Fsp3) is 0.357. The van der Waals surface area contributed by atoms with E-state index in [0.717, 1.165) is 0 Å². The van der Waals surface area contributed by atoms with E-state index in [0.29, 0.717) is 30.8 Å². The van der Waals surface area contributed by atoms with Gasteiger partial charge in [-0.3, -0.25) is 9.48 Å². The standard InChI is InChI=1S/C14H16N4O3/c1-16-12(17-6-2-3-7-17)10(9-15-16)13(19)18-8-4-5-11(18)14(20)21/h2-3,6-7,9,11H,4-5,8H2,1H3,(H,20,21)/t11-/m1/s1. The largest absolute Gasteiger partial charge is 0.480 e. The Morgan fingerprint density at radius 3 is 2.71 bits per heavy atom. The van der Waals surface area contributed by atoms with Gasteiger partial charge in [-0.25, -0.2) is 4.79 Å². The Morgan fingerprint density at radius 1 is 1.33 bits per heavy atom. The zero-order chi connectivity index (χ0) is 15.0. The van der Waals surface area contributed by atoms with Gasteiger partial charge in [-0.1, -0.05) is 0 Å². The molecule has 7 nitrogen and oxygen atoms in total. The SMILES string of the molecule is Cn1ncc(C(=O)N2CCC[C@@H]2C(=O)O)c1-n1cccc1. The van der Waals surface area contributed by atoms with Crippen LogP contribution in [0.2, 0.25) is 0 Å². The molecule has 1 aliphatic heterocycles. The third-order valence-corrected chi connectivity index (χ3v) is 3.79. The van der Waals surface area contributed by atoms with Crippen molar-refractivity contribution < 1.29 is 14.7 Å². The number of likely N-dealkylation sites (tertiary alicyclic amines) is 1. The lowest BCUT2D eigenvalue weighted by atomic mass is 10.2. The molecule has 0 unspecified atom stereocenters. The highest BCUT2D eigenvalue weighted by Gasteiger charge is 2.36. The summed E-state index contributed by atoms with van der Waals surface area (Å²) in [7, 11) is 1.75. The van der Waals surface area contributed by atoms with Crippen LogP contribution >= 0.6 is 0 Å². The molecule has 0 aromatic carbocycles. The number of hydrogen-bond donors (Lipinski definition) is 1. The van der Waals surface area contributed by atoms with Crippen LogP contribution < -0.4 is 0 Å². The minimum atomic E-state index is -0.952. The average Bonchev–Trinajstić information content (AvgIpc) is 3.17. The Labute approximate surface area is 121 Å². The van der Waals surface area contributed by atoms with E-state index in [-0.39, 0.29) is 5.91 Å². The van der Waals surface area contributed by atoms with Gasteiger partial charge in [-0.05, 0) is 25.0 Å². The first-order valence-electron chi connectivity index (χ1n) is 6.78. The second-order valence-electron chi connectivity index (χ2n) is 5.09. The van der Waals surface area contributed by atoms with E-state index in [9.17, 15) is 14.7 Å².